The van der Waals surface area contributed by atoms with E-state index in [1.54, 1.807) is 80.0 Å². The number of nitrogen functional groups attached to an aromatic ring is 2. The maximum atomic E-state index is 12.6. The number of nitrogens with two attached hydrogens (primary N) is 2. The summed E-state index contributed by atoms with van der Waals surface area (Å²) in [6.07, 6.45) is 13.7. The van der Waals surface area contributed by atoms with E-state index in [4.69, 9.17) is 55.7 Å². The number of methoxy groups -OCH3 is 1. The van der Waals surface area contributed by atoms with E-state index < -0.39 is 0 Å². The molecule has 0 fully saturated rings. The first-order chi connectivity index (χ1) is 42.3. The lowest BCUT2D eigenvalue weighted by molar-refractivity contribution is -0.120. The van der Waals surface area contributed by atoms with Crippen molar-refractivity contribution in [1.29, 1.82) is 0 Å². The van der Waals surface area contributed by atoms with Gasteiger partial charge in [-0.2, -0.15) is 0 Å². The van der Waals surface area contributed by atoms with Gasteiger partial charge in [0, 0.05) is 44.9 Å². The van der Waals surface area contributed by atoms with Crippen LogP contribution in [0.15, 0.2) is 86.5 Å². The number of nitrogens with one attached hydrogen (secondary N) is 3. The molecule has 6 aromatic heterocycles. The molecular weight excluding hydrogens is 1230 g/mol. The topological polar surface area (TPSA) is 301 Å². The normalized spacial score (nSPS) is 10.7. The summed E-state index contributed by atoms with van der Waals surface area (Å²) in [6.45, 7) is 21.7. The lowest BCUT2D eigenvalue weighted by atomic mass is 9.95. The zero-order chi connectivity index (χ0) is 65.8. The Hall–Kier alpha value is -8.44. The van der Waals surface area contributed by atoms with Crippen LogP contribution in [0.4, 0.5) is 11.6 Å². The van der Waals surface area contributed by atoms with Crippen molar-refractivity contribution >= 4 is 127 Å². The smallest absolute Gasteiger partial charge is 0.338 e. The van der Waals surface area contributed by atoms with Crippen LogP contribution in [-0.4, -0.2) is 129 Å². The number of nitrogens with zero attached hydrogens (tertiary/aromatic N) is 11. The van der Waals surface area contributed by atoms with Crippen LogP contribution in [0.1, 0.15) is 129 Å². The predicted octanol–water partition coefficient (Wildman–Crippen LogP) is 13.5. The first-order valence-corrected chi connectivity index (χ1v) is 30.1. The summed E-state index contributed by atoms with van der Waals surface area (Å²) < 4.78 is 11.6. The Balaban J connectivity index is 0.000000244. The molecule has 0 saturated heterocycles. The number of benzene rings is 4. The maximum absolute atomic E-state index is 12.6. The molecule has 0 aliphatic rings. The molecule has 26 heteroatoms. The summed E-state index contributed by atoms with van der Waals surface area (Å²) in [4.78, 5) is 92.1. The molecule has 6 heterocycles. The number of imidazole rings is 4. The van der Waals surface area contributed by atoms with E-state index in [1.165, 1.54) is 26.2 Å². The van der Waals surface area contributed by atoms with Crippen LogP contribution in [0.25, 0.3) is 50.0 Å². The van der Waals surface area contributed by atoms with Crippen LogP contribution in [0.3, 0.4) is 0 Å². The number of carbonyl (C=O) groups is 4. The first-order valence-electron chi connectivity index (χ1n) is 28.9. The van der Waals surface area contributed by atoms with E-state index in [2.05, 4.69) is 124 Å². The summed E-state index contributed by atoms with van der Waals surface area (Å²) in [5.74, 6) is 2.97. The molecule has 0 spiro atoms. The van der Waals surface area contributed by atoms with Crippen molar-refractivity contribution in [3.63, 3.8) is 0 Å². The molecule has 0 saturated carbocycles. The van der Waals surface area contributed by atoms with E-state index in [-0.39, 0.29) is 57.0 Å². The summed E-state index contributed by atoms with van der Waals surface area (Å²) in [5.41, 5.74) is 24.1. The second-order valence-electron chi connectivity index (χ2n) is 22.7. The summed E-state index contributed by atoms with van der Waals surface area (Å²) in [6, 6.07) is 14.8. The Kier molecular flexibility index (Phi) is 28.9. The van der Waals surface area contributed by atoms with Crippen molar-refractivity contribution in [2.24, 2.45) is 23.7 Å². The van der Waals surface area contributed by atoms with Crippen LogP contribution in [0, 0.1) is 23.7 Å². The minimum atomic E-state index is -0.300. The summed E-state index contributed by atoms with van der Waals surface area (Å²) in [7, 11) is 8.43. The Labute approximate surface area is 546 Å². The van der Waals surface area contributed by atoms with Gasteiger partial charge in [0.25, 0.3) is 18.3 Å². The Morgan fingerprint density at radius 2 is 0.956 bits per heavy atom. The molecule has 0 aliphatic heterocycles. The third kappa shape index (κ3) is 19.3. The lowest BCUT2D eigenvalue weighted by Crippen LogP contribution is -2.23. The number of H-pyrrole nitrogens is 3. The van der Waals surface area contributed by atoms with Crippen LogP contribution in [0.5, 0.6) is 5.75 Å². The Bertz CT molecular complexity index is 3970. The van der Waals surface area contributed by atoms with Crippen molar-refractivity contribution in [1.82, 2.24) is 69.2 Å². The standard InChI is InChI=1S/C18H21ClN6O.C14H19N3O.C13H16N2O2.C12H14N2O2.C4H3Cl2N3.C3H8.ClH/c1-10(2)7-12-11(18(26)24(3)4)5-6-13-15(12)23-9-25(13)17-14(19)16(20)21-8-22-17;1-9(2)7-11-10(14(18)17(3)4)5-6-12-13(11)16-8-15-12;1-8(2)6-10-9(13(16)17-3)4-5-11-12(10)15-7-14-11;1-8(2)5-9-11(16-7-15)4-3-10-12(9)14-6-13-10;5-2-3(6)8-1-9-4(2)7;1-3-2;/h5-6,8-10H,7H2,1-4H3,(H2,20,21,22);5-6,8-9H,7H2,1-4H3,(H,15,16);4-5,7-8H,6H2,1-3H3,(H,14,15);3-4,6-8H,5H2,1-2H3,(H,13,14);1H,(H2,7,8,9);3H2,1-2H3;1H. The first kappa shape index (κ1) is 74.0. The summed E-state index contributed by atoms with van der Waals surface area (Å²) in [5, 5.41) is 0.661. The van der Waals surface area contributed by atoms with Gasteiger partial charge < -0.3 is 45.7 Å². The van der Waals surface area contributed by atoms with Crippen molar-refractivity contribution in [3.8, 4) is 11.6 Å². The van der Waals surface area contributed by atoms with E-state index in [0.29, 0.717) is 52.8 Å². The van der Waals surface area contributed by atoms with E-state index in [9.17, 15) is 19.2 Å². The maximum Gasteiger partial charge on any atom is 0.338 e. The minimum Gasteiger partial charge on any atom is -0.465 e. The molecule has 10 aromatic rings. The molecule has 90 heavy (non-hydrogen) atoms. The van der Waals surface area contributed by atoms with Gasteiger partial charge in [-0.25, -0.2) is 44.7 Å². The van der Waals surface area contributed by atoms with E-state index in [1.807, 2.05) is 36.4 Å². The second-order valence-corrected chi connectivity index (χ2v) is 23.8. The minimum absolute atomic E-state index is 0. The fourth-order valence-corrected chi connectivity index (χ4v) is 9.62. The van der Waals surface area contributed by atoms with Gasteiger partial charge in [0.1, 0.15) is 46.4 Å². The number of amides is 2. The highest BCUT2D eigenvalue weighted by Crippen LogP contribution is 2.32. The molecule has 0 atom stereocenters. The highest BCUT2D eigenvalue weighted by Gasteiger charge is 2.23. The largest absolute Gasteiger partial charge is 0.465 e. The van der Waals surface area contributed by atoms with E-state index >= 15 is 0 Å². The van der Waals surface area contributed by atoms with Gasteiger partial charge >= 0.3 is 5.97 Å². The quantitative estimate of drug-likeness (QED) is 0.0384. The molecule has 0 unspecified atom stereocenters. The summed E-state index contributed by atoms with van der Waals surface area (Å²) >= 11 is 17.2. The number of carbonyl (C=O) groups excluding carboxylic acids is 4. The SMILES string of the molecule is CC(C)Cc1c(C(=O)N(C)C)ccc2[nH]cnc12.CC(C)Cc1c(C(=O)N(C)C)ccc2c1ncn2-c1ncnc(N)c1Cl.CC(C)Cc1c(OC=O)ccc2[nH]cnc12.CCC.COC(=O)c1ccc2[nH]cnc2c1CC(C)C.Cl.Nc1ncnc(Cl)c1Cl. The number of aromatic nitrogens is 12. The average molecular weight is 1310 g/mol. The molecule has 10 rings (SSSR count). The van der Waals surface area contributed by atoms with Gasteiger partial charge in [0.15, 0.2) is 11.0 Å². The zero-order valence-corrected chi connectivity index (χ0v) is 56.7. The number of ether oxygens (including phenoxy) is 2. The molecule has 0 radical (unpaired) electrons. The number of esters is 1. The predicted molar refractivity (Wildman–Crippen MR) is 362 cm³/mol. The number of halogens is 4. The fraction of sp³-hybridized carbons (Fsp3) is 0.375. The molecule has 0 bridgehead atoms. The van der Waals surface area contributed by atoms with Gasteiger partial charge in [-0.15, -0.1) is 12.4 Å². The van der Waals surface area contributed by atoms with Gasteiger partial charge in [0.05, 0.1) is 75.8 Å². The third-order valence-electron chi connectivity index (χ3n) is 13.0. The highest BCUT2D eigenvalue weighted by molar-refractivity contribution is 6.42. The van der Waals surface area contributed by atoms with Gasteiger partial charge in [0.2, 0.25) is 0 Å². The zero-order valence-electron chi connectivity index (χ0n) is 53.6. The number of hydrogen-bond donors (Lipinski definition) is 5. The molecule has 22 nitrogen and oxygen atoms in total. The van der Waals surface area contributed by atoms with Crippen LogP contribution < -0.4 is 16.2 Å². The number of fused-ring (bicyclic) bond motifs is 4. The Morgan fingerprint density at radius 1 is 0.556 bits per heavy atom. The van der Waals surface area contributed by atoms with Crippen LogP contribution in [0.2, 0.25) is 15.2 Å². The number of anilines is 2. The van der Waals surface area contributed by atoms with Crippen molar-refractivity contribution in [2.45, 2.75) is 101 Å². The fourth-order valence-electron chi connectivity index (χ4n) is 9.19. The molecule has 7 N–H and O–H groups in total. The number of aromatic amines is 3. The highest BCUT2D eigenvalue weighted by atomic mass is 35.5. The molecular formula is C64H82Cl4N16O6. The second kappa shape index (κ2) is 35.1. The van der Waals surface area contributed by atoms with Crippen molar-refractivity contribution in [2.75, 3.05) is 46.8 Å². The molecule has 482 valence electrons. The molecule has 4 aromatic carbocycles. The van der Waals surface area contributed by atoms with Gasteiger partial charge in [-0.1, -0.05) is 110 Å². The van der Waals surface area contributed by atoms with Gasteiger partial charge in [-0.05, 0) is 115 Å². The van der Waals surface area contributed by atoms with Gasteiger partial charge in [-0.3, -0.25) is 19.0 Å². The Morgan fingerprint density at radius 3 is 1.39 bits per heavy atom. The molecule has 2 amide bonds. The molecule has 0 aliphatic carbocycles. The van der Waals surface area contributed by atoms with Crippen molar-refractivity contribution < 1.29 is 28.7 Å². The number of hydrogen-bond acceptors (Lipinski definition) is 16. The lowest BCUT2D eigenvalue weighted by Gasteiger charge is -2.16. The van der Waals surface area contributed by atoms with E-state index in [0.717, 1.165) is 97.6 Å². The third-order valence-corrected chi connectivity index (χ3v) is 14.1. The average Bonchev–Trinajstić information content (AvgIpc) is 1.61. The van der Waals surface area contributed by atoms with Crippen molar-refractivity contribution in [3.05, 3.63) is 141 Å². The monoisotopic (exact) mass is 1310 g/mol. The van der Waals surface area contributed by atoms with Crippen LogP contribution >= 0.6 is 47.2 Å². The van der Waals surface area contributed by atoms with Crippen LogP contribution in [-0.2, 0) is 35.2 Å². The number of rotatable bonds is 14.